The summed E-state index contributed by atoms with van der Waals surface area (Å²) >= 11 is 4.43. The van der Waals surface area contributed by atoms with Crippen molar-refractivity contribution in [3.05, 3.63) is 22.2 Å². The van der Waals surface area contributed by atoms with Gasteiger partial charge >= 0.3 is 5.97 Å². The number of ether oxygens (including phenoxy) is 1. The predicted molar refractivity (Wildman–Crippen MR) is 56.5 cm³/mol. The zero-order valence-corrected chi connectivity index (χ0v) is 9.55. The Balaban J connectivity index is 2.64. The van der Waals surface area contributed by atoms with Crippen molar-refractivity contribution < 1.29 is 9.53 Å². The van der Waals surface area contributed by atoms with Gasteiger partial charge < -0.3 is 4.74 Å². The molecule has 6 heteroatoms. The first-order chi connectivity index (χ1) is 6.72. The van der Waals surface area contributed by atoms with E-state index in [9.17, 15) is 4.79 Å². The highest BCUT2D eigenvalue weighted by Crippen LogP contribution is 2.24. The number of carbonyl (C=O) groups excluding carboxylic acids is 1. The van der Waals surface area contributed by atoms with Crippen LogP contribution in [0, 0.1) is 0 Å². The Kier molecular flexibility index (Phi) is 2.47. The van der Waals surface area contributed by atoms with Gasteiger partial charge in [-0.3, -0.25) is 0 Å². The molecule has 0 spiro atoms. The van der Waals surface area contributed by atoms with Crippen molar-refractivity contribution in [1.82, 2.24) is 8.75 Å². The number of methoxy groups -OCH3 is 1. The van der Waals surface area contributed by atoms with Crippen LogP contribution in [-0.4, -0.2) is 21.8 Å². The molecule has 0 unspecified atom stereocenters. The van der Waals surface area contributed by atoms with E-state index in [0.717, 1.165) is 21.7 Å². The molecule has 0 fully saturated rings. The maximum atomic E-state index is 11.2. The van der Waals surface area contributed by atoms with Crippen LogP contribution in [0.3, 0.4) is 0 Å². The van der Waals surface area contributed by atoms with Crippen molar-refractivity contribution >= 4 is 44.7 Å². The third-order valence-corrected chi connectivity index (χ3v) is 2.88. The van der Waals surface area contributed by atoms with E-state index < -0.39 is 0 Å². The highest BCUT2D eigenvalue weighted by atomic mass is 79.9. The molecular weight excluding hydrogens is 268 g/mol. The van der Waals surface area contributed by atoms with Gasteiger partial charge in [0.25, 0.3) is 0 Å². The van der Waals surface area contributed by atoms with Gasteiger partial charge in [0.1, 0.15) is 11.0 Å². The fourth-order valence-electron chi connectivity index (χ4n) is 1.09. The standard InChI is InChI=1S/C8H5BrN2O2S/c1-13-8(12)4-2-5(9)7-6(3-4)10-14-11-7/h2-3H,1H3. The fraction of sp³-hybridized carbons (Fsp3) is 0.125. The summed E-state index contributed by atoms with van der Waals surface area (Å²) in [4.78, 5) is 11.2. The van der Waals surface area contributed by atoms with E-state index in [1.54, 1.807) is 12.1 Å². The molecule has 2 rings (SSSR count). The fourth-order valence-corrected chi connectivity index (χ4v) is 2.28. The molecule has 1 aromatic heterocycles. The predicted octanol–water partition coefficient (Wildman–Crippen LogP) is 2.24. The summed E-state index contributed by atoms with van der Waals surface area (Å²) in [5, 5.41) is 0. The van der Waals surface area contributed by atoms with Crippen LogP contribution in [-0.2, 0) is 4.74 Å². The Hall–Kier alpha value is -1.01. The van der Waals surface area contributed by atoms with E-state index in [0.29, 0.717) is 11.1 Å². The first kappa shape index (κ1) is 9.54. The number of fused-ring (bicyclic) bond motifs is 1. The molecule has 0 N–H and O–H groups in total. The van der Waals surface area contributed by atoms with Gasteiger partial charge in [-0.1, -0.05) is 0 Å². The van der Waals surface area contributed by atoms with E-state index in [1.807, 2.05) is 0 Å². The van der Waals surface area contributed by atoms with E-state index >= 15 is 0 Å². The van der Waals surface area contributed by atoms with Gasteiger partial charge in [0.2, 0.25) is 0 Å². The summed E-state index contributed by atoms with van der Waals surface area (Å²) in [6, 6.07) is 3.34. The van der Waals surface area contributed by atoms with Crippen LogP contribution < -0.4 is 0 Å². The van der Waals surface area contributed by atoms with Crippen LogP contribution in [0.5, 0.6) is 0 Å². The Morgan fingerprint density at radius 3 is 3.00 bits per heavy atom. The second-order valence-electron chi connectivity index (χ2n) is 2.58. The smallest absolute Gasteiger partial charge is 0.337 e. The van der Waals surface area contributed by atoms with E-state index in [1.165, 1.54) is 7.11 Å². The molecular formula is C8H5BrN2O2S. The van der Waals surface area contributed by atoms with Gasteiger partial charge in [0.15, 0.2) is 0 Å². The Bertz CT molecular complexity index is 497. The molecule has 0 amide bonds. The van der Waals surface area contributed by atoms with Crippen molar-refractivity contribution in [3.8, 4) is 0 Å². The van der Waals surface area contributed by atoms with Gasteiger partial charge in [-0.25, -0.2) is 4.79 Å². The molecule has 1 heterocycles. The lowest BCUT2D eigenvalue weighted by molar-refractivity contribution is 0.0601. The van der Waals surface area contributed by atoms with Gasteiger partial charge in [0.05, 0.1) is 24.4 Å². The van der Waals surface area contributed by atoms with Crippen molar-refractivity contribution in [2.75, 3.05) is 7.11 Å². The number of aromatic nitrogens is 2. The van der Waals surface area contributed by atoms with Crippen LogP contribution in [0.15, 0.2) is 16.6 Å². The quantitative estimate of drug-likeness (QED) is 0.748. The maximum absolute atomic E-state index is 11.2. The van der Waals surface area contributed by atoms with E-state index in [2.05, 4.69) is 29.4 Å². The zero-order chi connectivity index (χ0) is 10.1. The number of hydrogen-bond acceptors (Lipinski definition) is 5. The number of nitrogens with zero attached hydrogens (tertiary/aromatic N) is 2. The third kappa shape index (κ3) is 1.51. The Labute approximate surface area is 92.3 Å². The molecule has 0 saturated heterocycles. The number of benzene rings is 1. The lowest BCUT2D eigenvalue weighted by Crippen LogP contribution is -2.00. The molecule has 4 nitrogen and oxygen atoms in total. The summed E-state index contributed by atoms with van der Waals surface area (Å²) in [6.45, 7) is 0. The normalized spacial score (nSPS) is 10.4. The van der Waals surface area contributed by atoms with Crippen molar-refractivity contribution in [1.29, 1.82) is 0 Å². The second kappa shape index (κ2) is 3.62. The number of esters is 1. The first-order valence-electron chi connectivity index (χ1n) is 3.72. The van der Waals surface area contributed by atoms with Crippen LogP contribution in [0.1, 0.15) is 10.4 Å². The van der Waals surface area contributed by atoms with Crippen LogP contribution in [0.25, 0.3) is 11.0 Å². The van der Waals surface area contributed by atoms with Crippen molar-refractivity contribution in [2.45, 2.75) is 0 Å². The molecule has 1 aromatic carbocycles. The first-order valence-corrected chi connectivity index (χ1v) is 5.25. The average Bonchev–Trinajstić information content (AvgIpc) is 2.64. The topological polar surface area (TPSA) is 52.1 Å². The number of carbonyl (C=O) groups is 1. The van der Waals surface area contributed by atoms with Gasteiger partial charge in [-0.2, -0.15) is 8.75 Å². The zero-order valence-electron chi connectivity index (χ0n) is 7.15. The van der Waals surface area contributed by atoms with Crippen LogP contribution in [0.2, 0.25) is 0 Å². The molecule has 72 valence electrons. The number of hydrogen-bond donors (Lipinski definition) is 0. The highest BCUT2D eigenvalue weighted by molar-refractivity contribution is 9.10. The lowest BCUT2D eigenvalue weighted by Gasteiger charge is -1.99. The lowest BCUT2D eigenvalue weighted by atomic mass is 10.2. The molecule has 14 heavy (non-hydrogen) atoms. The average molecular weight is 273 g/mol. The van der Waals surface area contributed by atoms with Gasteiger partial charge in [-0.15, -0.1) is 0 Å². The van der Waals surface area contributed by atoms with Crippen molar-refractivity contribution in [3.63, 3.8) is 0 Å². The summed E-state index contributed by atoms with van der Waals surface area (Å²) in [5.41, 5.74) is 1.94. The van der Waals surface area contributed by atoms with Gasteiger partial charge in [-0.05, 0) is 28.1 Å². The molecule has 0 aliphatic carbocycles. The molecule has 2 aromatic rings. The molecule has 0 bridgehead atoms. The molecule has 0 saturated carbocycles. The summed E-state index contributed by atoms with van der Waals surface area (Å²) in [5.74, 6) is -0.374. The molecule has 0 aliphatic heterocycles. The summed E-state index contributed by atoms with van der Waals surface area (Å²) in [7, 11) is 1.35. The Morgan fingerprint density at radius 2 is 2.29 bits per heavy atom. The monoisotopic (exact) mass is 272 g/mol. The van der Waals surface area contributed by atoms with Crippen LogP contribution >= 0.6 is 27.7 Å². The largest absolute Gasteiger partial charge is 0.465 e. The highest BCUT2D eigenvalue weighted by Gasteiger charge is 2.11. The third-order valence-electron chi connectivity index (χ3n) is 1.74. The second-order valence-corrected chi connectivity index (χ2v) is 3.96. The van der Waals surface area contributed by atoms with Crippen LogP contribution in [0.4, 0.5) is 0 Å². The minimum atomic E-state index is -0.374. The van der Waals surface area contributed by atoms with Crippen molar-refractivity contribution in [2.24, 2.45) is 0 Å². The SMILES string of the molecule is COC(=O)c1cc(Br)c2nsnc2c1. The maximum Gasteiger partial charge on any atom is 0.337 e. The minimum Gasteiger partial charge on any atom is -0.465 e. The van der Waals surface area contributed by atoms with E-state index in [-0.39, 0.29) is 5.97 Å². The summed E-state index contributed by atoms with van der Waals surface area (Å²) < 4.78 is 13.5. The van der Waals surface area contributed by atoms with Gasteiger partial charge in [0, 0.05) is 4.47 Å². The Morgan fingerprint density at radius 1 is 1.50 bits per heavy atom. The summed E-state index contributed by atoms with van der Waals surface area (Å²) in [6.07, 6.45) is 0. The minimum absolute atomic E-state index is 0.374. The molecule has 0 radical (unpaired) electrons. The molecule has 0 aliphatic rings. The number of rotatable bonds is 1. The van der Waals surface area contributed by atoms with E-state index in [4.69, 9.17) is 0 Å². The molecule has 0 atom stereocenters. The number of halogens is 1.